The van der Waals surface area contributed by atoms with Crippen LogP contribution in [0.15, 0.2) is 42.2 Å². The number of esters is 1. The van der Waals surface area contributed by atoms with E-state index in [2.05, 4.69) is 5.32 Å². The number of nitrogens with one attached hydrogen (secondary N) is 1. The Morgan fingerprint density at radius 1 is 1.12 bits per heavy atom. The van der Waals surface area contributed by atoms with E-state index in [1.807, 2.05) is 58.0 Å². The normalized spacial score (nSPS) is 17.8. The van der Waals surface area contributed by atoms with Gasteiger partial charge < -0.3 is 14.8 Å². The SMILES string of the molecule is CC1(C)CC(OC(=O)CNC(=O)OCc2ccccc2)=CC(=O)C1(C)C. The van der Waals surface area contributed by atoms with Crippen molar-refractivity contribution in [3.8, 4) is 0 Å². The van der Waals surface area contributed by atoms with Crippen molar-refractivity contribution in [3.63, 3.8) is 0 Å². The molecule has 1 N–H and O–H groups in total. The first-order valence-corrected chi connectivity index (χ1v) is 8.52. The molecular weight excluding hydrogens is 334 g/mol. The zero-order valence-corrected chi connectivity index (χ0v) is 15.6. The van der Waals surface area contributed by atoms with E-state index in [1.165, 1.54) is 6.08 Å². The van der Waals surface area contributed by atoms with Crippen LogP contribution >= 0.6 is 0 Å². The Bertz CT molecular complexity index is 719. The third kappa shape index (κ3) is 4.71. The number of ether oxygens (including phenoxy) is 2. The minimum absolute atomic E-state index is 0.0771. The van der Waals surface area contributed by atoms with E-state index < -0.39 is 17.5 Å². The van der Waals surface area contributed by atoms with Gasteiger partial charge in [0.05, 0.1) is 0 Å². The molecule has 26 heavy (non-hydrogen) atoms. The molecule has 140 valence electrons. The first kappa shape index (κ1) is 19.7. The van der Waals surface area contributed by atoms with Crippen molar-refractivity contribution in [1.29, 1.82) is 0 Å². The van der Waals surface area contributed by atoms with E-state index in [0.717, 1.165) is 5.56 Å². The van der Waals surface area contributed by atoms with Crippen molar-refractivity contribution >= 4 is 17.8 Å². The molecule has 6 heteroatoms. The summed E-state index contributed by atoms with van der Waals surface area (Å²) in [7, 11) is 0. The Balaban J connectivity index is 1.80. The highest BCUT2D eigenvalue weighted by atomic mass is 16.6. The van der Waals surface area contributed by atoms with Gasteiger partial charge in [-0.3, -0.25) is 4.79 Å². The van der Waals surface area contributed by atoms with Gasteiger partial charge in [0.25, 0.3) is 0 Å². The summed E-state index contributed by atoms with van der Waals surface area (Å²) in [5.74, 6) is -0.397. The molecule has 0 aliphatic heterocycles. The van der Waals surface area contributed by atoms with Crippen molar-refractivity contribution < 1.29 is 23.9 Å². The smallest absolute Gasteiger partial charge is 0.407 e. The number of carbonyl (C=O) groups is 3. The topological polar surface area (TPSA) is 81.7 Å². The Hall–Kier alpha value is -2.63. The molecule has 1 amide bonds. The largest absolute Gasteiger partial charge is 0.445 e. The van der Waals surface area contributed by atoms with Gasteiger partial charge in [-0.25, -0.2) is 9.59 Å². The Morgan fingerprint density at radius 3 is 2.38 bits per heavy atom. The second kappa shape index (κ2) is 7.72. The summed E-state index contributed by atoms with van der Waals surface area (Å²) >= 11 is 0. The molecule has 0 heterocycles. The Kier molecular flexibility index (Phi) is 5.85. The fourth-order valence-electron chi connectivity index (χ4n) is 2.53. The summed E-state index contributed by atoms with van der Waals surface area (Å²) in [4.78, 5) is 35.8. The fourth-order valence-corrected chi connectivity index (χ4v) is 2.53. The number of allylic oxidation sites excluding steroid dienone is 2. The molecule has 0 bridgehead atoms. The molecule has 0 fully saturated rings. The minimum atomic E-state index is -0.707. The van der Waals surface area contributed by atoms with E-state index in [0.29, 0.717) is 12.2 Å². The summed E-state index contributed by atoms with van der Waals surface area (Å²) in [6, 6.07) is 9.22. The number of amides is 1. The van der Waals surface area contributed by atoms with Gasteiger partial charge in [-0.15, -0.1) is 0 Å². The van der Waals surface area contributed by atoms with Crippen LogP contribution in [0.1, 0.15) is 39.7 Å². The predicted octanol–water partition coefficient (Wildman–Crippen LogP) is 3.37. The minimum Gasteiger partial charge on any atom is -0.445 e. The molecule has 1 aliphatic carbocycles. The highest BCUT2D eigenvalue weighted by molar-refractivity contribution is 5.96. The summed E-state index contributed by atoms with van der Waals surface area (Å²) in [6.07, 6.45) is 1.13. The van der Waals surface area contributed by atoms with Crippen LogP contribution in [0.4, 0.5) is 4.79 Å². The average molecular weight is 359 g/mol. The third-order valence-corrected chi connectivity index (χ3v) is 5.05. The van der Waals surface area contributed by atoms with E-state index >= 15 is 0 Å². The van der Waals surface area contributed by atoms with Gasteiger partial charge in [0.2, 0.25) is 0 Å². The van der Waals surface area contributed by atoms with Gasteiger partial charge in [-0.05, 0) is 11.0 Å². The van der Waals surface area contributed by atoms with Gasteiger partial charge in [0.1, 0.15) is 18.9 Å². The number of rotatable bonds is 5. The van der Waals surface area contributed by atoms with Crippen molar-refractivity contribution in [3.05, 3.63) is 47.7 Å². The molecule has 1 aliphatic rings. The second-order valence-corrected chi connectivity index (χ2v) is 7.55. The zero-order valence-electron chi connectivity index (χ0n) is 15.6. The fraction of sp³-hybridized carbons (Fsp3) is 0.450. The van der Waals surface area contributed by atoms with Crippen molar-refractivity contribution in [2.45, 2.75) is 40.7 Å². The highest BCUT2D eigenvalue weighted by Crippen LogP contribution is 2.47. The number of carbonyl (C=O) groups excluding carboxylic acids is 3. The maximum absolute atomic E-state index is 12.3. The zero-order chi connectivity index (χ0) is 19.4. The van der Waals surface area contributed by atoms with Crippen LogP contribution in [-0.2, 0) is 25.7 Å². The molecule has 0 aromatic heterocycles. The molecule has 0 spiro atoms. The van der Waals surface area contributed by atoms with E-state index in [-0.39, 0.29) is 24.3 Å². The Morgan fingerprint density at radius 2 is 1.77 bits per heavy atom. The predicted molar refractivity (Wildman–Crippen MR) is 96.0 cm³/mol. The maximum atomic E-state index is 12.3. The highest BCUT2D eigenvalue weighted by Gasteiger charge is 2.46. The lowest BCUT2D eigenvalue weighted by Crippen LogP contribution is -2.43. The van der Waals surface area contributed by atoms with Gasteiger partial charge in [-0.1, -0.05) is 58.0 Å². The lowest BCUT2D eigenvalue weighted by Gasteiger charge is -2.42. The van der Waals surface area contributed by atoms with Crippen LogP contribution in [0.3, 0.4) is 0 Å². The summed E-state index contributed by atoms with van der Waals surface area (Å²) in [5.41, 5.74) is -0.0141. The van der Waals surface area contributed by atoms with Crippen LogP contribution in [0.25, 0.3) is 0 Å². The molecule has 0 atom stereocenters. The Labute approximate surface area is 153 Å². The summed E-state index contributed by atoms with van der Waals surface area (Å²) < 4.78 is 10.3. The van der Waals surface area contributed by atoms with Crippen LogP contribution in [0, 0.1) is 10.8 Å². The monoisotopic (exact) mass is 359 g/mol. The van der Waals surface area contributed by atoms with E-state index in [9.17, 15) is 14.4 Å². The molecule has 1 aromatic carbocycles. The molecule has 1 aromatic rings. The van der Waals surface area contributed by atoms with Crippen LogP contribution < -0.4 is 5.32 Å². The van der Waals surface area contributed by atoms with E-state index in [4.69, 9.17) is 9.47 Å². The first-order chi connectivity index (χ1) is 12.1. The van der Waals surface area contributed by atoms with Crippen LogP contribution in [-0.4, -0.2) is 24.4 Å². The number of hydrogen-bond acceptors (Lipinski definition) is 5. The van der Waals surface area contributed by atoms with E-state index in [1.54, 1.807) is 0 Å². The van der Waals surface area contributed by atoms with Gasteiger partial charge in [0.15, 0.2) is 5.78 Å². The average Bonchev–Trinajstić information content (AvgIpc) is 2.57. The third-order valence-electron chi connectivity index (χ3n) is 5.05. The quantitative estimate of drug-likeness (QED) is 0.815. The maximum Gasteiger partial charge on any atom is 0.407 e. The number of hydrogen-bond donors (Lipinski definition) is 1. The van der Waals surface area contributed by atoms with Gasteiger partial charge in [0, 0.05) is 17.9 Å². The molecule has 6 nitrogen and oxygen atoms in total. The molecular formula is C20H25NO5. The standard InChI is InChI=1S/C20H25NO5/c1-19(2)11-15(10-16(22)20(19,3)4)26-17(23)12-21-18(24)25-13-14-8-6-5-7-9-14/h5-10H,11-13H2,1-4H3,(H,21,24). The molecule has 0 saturated heterocycles. The molecule has 2 rings (SSSR count). The molecule has 0 unspecified atom stereocenters. The van der Waals surface area contributed by atoms with Crippen LogP contribution in [0.5, 0.6) is 0 Å². The lowest BCUT2D eigenvalue weighted by atomic mass is 9.61. The van der Waals surface area contributed by atoms with Gasteiger partial charge >= 0.3 is 12.1 Å². The van der Waals surface area contributed by atoms with Gasteiger partial charge in [-0.2, -0.15) is 0 Å². The first-order valence-electron chi connectivity index (χ1n) is 8.52. The number of benzene rings is 1. The molecule has 0 radical (unpaired) electrons. The number of ketones is 1. The molecule has 0 saturated carbocycles. The van der Waals surface area contributed by atoms with Crippen molar-refractivity contribution in [2.75, 3.05) is 6.54 Å². The van der Waals surface area contributed by atoms with Crippen molar-refractivity contribution in [2.24, 2.45) is 10.8 Å². The van der Waals surface area contributed by atoms with Crippen LogP contribution in [0.2, 0.25) is 0 Å². The lowest BCUT2D eigenvalue weighted by molar-refractivity contribution is -0.140. The number of alkyl carbamates (subject to hydrolysis) is 1. The van der Waals surface area contributed by atoms with Crippen molar-refractivity contribution in [1.82, 2.24) is 5.32 Å². The summed E-state index contributed by atoms with van der Waals surface area (Å²) in [5, 5.41) is 2.34. The summed E-state index contributed by atoms with van der Waals surface area (Å²) in [6.45, 7) is 7.48. The second-order valence-electron chi connectivity index (χ2n) is 7.55.